The molecule has 5 heterocycles. The molecule has 25 heavy (non-hydrogen) atoms. The molecule has 2 aliphatic rings. The number of aromatic nitrogens is 4. The fraction of sp³-hybridized carbons (Fsp3) is 0.526. The van der Waals surface area contributed by atoms with Gasteiger partial charge in [0, 0.05) is 30.9 Å². The predicted molar refractivity (Wildman–Crippen MR) is 101 cm³/mol. The average molecular weight is 338 g/mol. The summed E-state index contributed by atoms with van der Waals surface area (Å²) in [6, 6.07) is 5.27. The molecule has 0 amide bonds. The van der Waals surface area contributed by atoms with Crippen LogP contribution >= 0.6 is 0 Å². The Morgan fingerprint density at radius 2 is 1.80 bits per heavy atom. The zero-order valence-electron chi connectivity index (χ0n) is 15.5. The normalized spacial score (nSPS) is 22.3. The van der Waals surface area contributed by atoms with Crippen LogP contribution in [-0.4, -0.2) is 44.8 Å². The summed E-state index contributed by atoms with van der Waals surface area (Å²) in [4.78, 5) is 12.1. The van der Waals surface area contributed by atoms with Gasteiger partial charge in [-0.3, -0.25) is 0 Å². The number of nitrogens with zero attached hydrogens (tertiary/aromatic N) is 5. The number of hydrogen-bond donors (Lipinski definition) is 1. The molecule has 2 unspecified atom stereocenters. The molecule has 2 atom stereocenters. The first kappa shape index (κ1) is 16.3. The standard InChI is InChI=1S/C17H20N6.C2H6/c1-10-7-14-16(15-5-6-19-23(10)15)17(21-11(2)20-14)22-12-3-4-13(22)9-18-8-12;1-2/h5-7,12-13,18H,3-4,8-9H2,1-2H3;1-2H3. The Balaban J connectivity index is 0.000000758. The number of hydrogen-bond acceptors (Lipinski definition) is 5. The summed E-state index contributed by atoms with van der Waals surface area (Å²) < 4.78 is 1.99. The Morgan fingerprint density at radius 3 is 2.52 bits per heavy atom. The summed E-state index contributed by atoms with van der Waals surface area (Å²) in [6.07, 6.45) is 4.34. The van der Waals surface area contributed by atoms with Crippen molar-refractivity contribution < 1.29 is 0 Å². The van der Waals surface area contributed by atoms with Crippen molar-refractivity contribution in [3.05, 3.63) is 29.8 Å². The number of nitrogens with one attached hydrogen (secondary N) is 1. The van der Waals surface area contributed by atoms with Crippen LogP contribution in [0, 0.1) is 13.8 Å². The first-order valence-corrected chi connectivity index (χ1v) is 9.33. The molecule has 0 saturated carbocycles. The van der Waals surface area contributed by atoms with Crippen LogP contribution in [-0.2, 0) is 0 Å². The minimum absolute atomic E-state index is 0.538. The van der Waals surface area contributed by atoms with Gasteiger partial charge in [-0.15, -0.1) is 0 Å². The van der Waals surface area contributed by atoms with Crippen LogP contribution in [0.15, 0.2) is 18.3 Å². The summed E-state index contributed by atoms with van der Waals surface area (Å²) in [5.41, 5.74) is 3.23. The summed E-state index contributed by atoms with van der Waals surface area (Å²) in [5, 5.41) is 9.15. The van der Waals surface area contributed by atoms with E-state index in [-0.39, 0.29) is 0 Å². The third-order valence-corrected chi connectivity index (χ3v) is 5.23. The highest BCUT2D eigenvalue weighted by molar-refractivity contribution is 6.02. The Hall–Kier alpha value is -2.21. The third-order valence-electron chi connectivity index (χ3n) is 5.23. The quantitative estimate of drug-likeness (QED) is 0.739. The highest BCUT2D eigenvalue weighted by atomic mass is 15.3. The van der Waals surface area contributed by atoms with Gasteiger partial charge in [-0.2, -0.15) is 5.10 Å². The van der Waals surface area contributed by atoms with Gasteiger partial charge in [0.1, 0.15) is 11.6 Å². The molecular formula is C19H26N6. The molecule has 0 radical (unpaired) electrons. The second-order valence-electron chi connectivity index (χ2n) is 6.72. The molecule has 1 N–H and O–H groups in total. The first-order chi connectivity index (χ1) is 12.2. The molecular weight excluding hydrogens is 312 g/mol. The predicted octanol–water partition coefficient (Wildman–Crippen LogP) is 2.86. The van der Waals surface area contributed by atoms with E-state index in [4.69, 9.17) is 9.97 Å². The second-order valence-corrected chi connectivity index (χ2v) is 6.72. The number of pyridine rings is 1. The largest absolute Gasteiger partial charge is 0.347 e. The summed E-state index contributed by atoms with van der Waals surface area (Å²) in [7, 11) is 0. The highest BCUT2D eigenvalue weighted by Crippen LogP contribution is 2.37. The zero-order valence-corrected chi connectivity index (χ0v) is 15.5. The van der Waals surface area contributed by atoms with E-state index >= 15 is 0 Å². The van der Waals surface area contributed by atoms with Gasteiger partial charge in [-0.05, 0) is 38.8 Å². The van der Waals surface area contributed by atoms with Crippen LogP contribution < -0.4 is 10.2 Å². The lowest BCUT2D eigenvalue weighted by Crippen LogP contribution is -2.52. The Kier molecular flexibility index (Phi) is 4.07. The van der Waals surface area contributed by atoms with Crippen molar-refractivity contribution in [3.8, 4) is 0 Å². The smallest absolute Gasteiger partial charge is 0.143 e. The van der Waals surface area contributed by atoms with Gasteiger partial charge in [-0.25, -0.2) is 14.5 Å². The van der Waals surface area contributed by atoms with Crippen molar-refractivity contribution in [2.45, 2.75) is 52.6 Å². The van der Waals surface area contributed by atoms with E-state index in [1.54, 1.807) is 0 Å². The minimum atomic E-state index is 0.538. The lowest BCUT2D eigenvalue weighted by Gasteiger charge is -2.37. The average Bonchev–Trinajstić information content (AvgIpc) is 3.19. The molecule has 2 fully saturated rings. The molecule has 2 saturated heterocycles. The maximum absolute atomic E-state index is 4.87. The van der Waals surface area contributed by atoms with Crippen LogP contribution in [0.3, 0.4) is 0 Å². The molecule has 0 aliphatic carbocycles. The first-order valence-electron chi connectivity index (χ1n) is 9.33. The number of aryl methyl sites for hydroxylation is 2. The van der Waals surface area contributed by atoms with Crippen LogP contribution in [0.25, 0.3) is 16.4 Å². The van der Waals surface area contributed by atoms with E-state index < -0.39 is 0 Å². The monoisotopic (exact) mass is 338 g/mol. The molecule has 3 aromatic rings. The van der Waals surface area contributed by atoms with E-state index in [0.29, 0.717) is 12.1 Å². The maximum atomic E-state index is 4.87. The van der Waals surface area contributed by atoms with E-state index in [1.807, 2.05) is 31.5 Å². The lowest BCUT2D eigenvalue weighted by molar-refractivity contribution is 0.482. The fourth-order valence-corrected chi connectivity index (χ4v) is 4.27. The maximum Gasteiger partial charge on any atom is 0.143 e. The van der Waals surface area contributed by atoms with Crippen LogP contribution in [0.5, 0.6) is 0 Å². The summed E-state index contributed by atoms with van der Waals surface area (Å²) in [5.74, 6) is 1.93. The van der Waals surface area contributed by atoms with Crippen LogP contribution in [0.2, 0.25) is 0 Å². The Morgan fingerprint density at radius 1 is 1.08 bits per heavy atom. The molecule has 6 heteroatoms. The molecule has 6 nitrogen and oxygen atoms in total. The van der Waals surface area contributed by atoms with Crippen molar-refractivity contribution in [2.24, 2.45) is 0 Å². The van der Waals surface area contributed by atoms with Gasteiger partial charge in [0.05, 0.1) is 22.6 Å². The van der Waals surface area contributed by atoms with Gasteiger partial charge < -0.3 is 10.2 Å². The Labute approximate surface area is 148 Å². The Bertz CT molecular complexity index is 899. The molecule has 0 spiro atoms. The third kappa shape index (κ3) is 2.47. The number of anilines is 1. The van der Waals surface area contributed by atoms with Gasteiger partial charge in [0.15, 0.2) is 0 Å². The van der Waals surface area contributed by atoms with Crippen molar-refractivity contribution in [1.29, 1.82) is 0 Å². The van der Waals surface area contributed by atoms with E-state index in [9.17, 15) is 0 Å². The van der Waals surface area contributed by atoms with E-state index in [1.165, 1.54) is 12.8 Å². The zero-order chi connectivity index (χ0) is 17.6. The number of rotatable bonds is 1. The molecule has 2 bridgehead atoms. The van der Waals surface area contributed by atoms with Gasteiger partial charge >= 0.3 is 0 Å². The fourth-order valence-electron chi connectivity index (χ4n) is 4.27. The molecule has 0 aromatic carbocycles. The molecule has 132 valence electrons. The van der Waals surface area contributed by atoms with Gasteiger partial charge in [-0.1, -0.05) is 13.8 Å². The molecule has 5 rings (SSSR count). The SMILES string of the molecule is CC.Cc1nc(N2C3CCC2CNC3)c2c(cc(C)n3nccc23)n1. The van der Waals surface area contributed by atoms with Crippen LogP contribution in [0.4, 0.5) is 5.82 Å². The van der Waals surface area contributed by atoms with E-state index in [0.717, 1.165) is 46.8 Å². The van der Waals surface area contributed by atoms with Gasteiger partial charge in [0.25, 0.3) is 0 Å². The second kappa shape index (κ2) is 6.26. The van der Waals surface area contributed by atoms with Gasteiger partial charge in [0.2, 0.25) is 0 Å². The summed E-state index contributed by atoms with van der Waals surface area (Å²) >= 11 is 0. The van der Waals surface area contributed by atoms with Crippen molar-refractivity contribution in [3.63, 3.8) is 0 Å². The van der Waals surface area contributed by atoms with Crippen molar-refractivity contribution >= 4 is 22.2 Å². The minimum Gasteiger partial charge on any atom is -0.347 e. The van der Waals surface area contributed by atoms with Crippen LogP contribution in [0.1, 0.15) is 38.2 Å². The number of fused-ring (bicyclic) bond motifs is 5. The number of piperazine rings is 1. The van der Waals surface area contributed by atoms with Crippen molar-refractivity contribution in [1.82, 2.24) is 24.9 Å². The molecule has 3 aromatic heterocycles. The summed E-state index contributed by atoms with van der Waals surface area (Å²) in [6.45, 7) is 10.2. The molecule has 2 aliphatic heterocycles. The highest BCUT2D eigenvalue weighted by Gasteiger charge is 2.38. The lowest BCUT2D eigenvalue weighted by atomic mass is 10.1. The van der Waals surface area contributed by atoms with E-state index in [2.05, 4.69) is 34.4 Å². The van der Waals surface area contributed by atoms with Crippen molar-refractivity contribution in [2.75, 3.05) is 18.0 Å². The topological polar surface area (TPSA) is 58.4 Å².